The summed E-state index contributed by atoms with van der Waals surface area (Å²) in [5.41, 5.74) is 5.07. The highest BCUT2D eigenvalue weighted by Gasteiger charge is 2.34. The number of aliphatic hydroxyl groups is 1. The molecular formula is C10H21NO. The molecule has 2 unspecified atom stereocenters. The maximum absolute atomic E-state index is 10.2. The zero-order chi connectivity index (χ0) is 9.03. The Morgan fingerprint density at radius 2 is 2.17 bits per heavy atom. The third kappa shape index (κ3) is 1.99. The molecule has 0 aromatic heterocycles. The molecule has 12 heavy (non-hydrogen) atoms. The van der Waals surface area contributed by atoms with Gasteiger partial charge in [0.05, 0.1) is 5.60 Å². The lowest BCUT2D eigenvalue weighted by Gasteiger charge is -2.33. The summed E-state index contributed by atoms with van der Waals surface area (Å²) in [6.07, 6.45) is 6.80. The molecule has 0 aromatic carbocycles. The average molecular weight is 171 g/mol. The summed E-state index contributed by atoms with van der Waals surface area (Å²) in [5, 5.41) is 10.2. The van der Waals surface area contributed by atoms with Crippen LogP contribution < -0.4 is 5.73 Å². The van der Waals surface area contributed by atoms with Gasteiger partial charge in [-0.05, 0) is 18.8 Å². The van der Waals surface area contributed by atoms with Crippen LogP contribution in [-0.4, -0.2) is 17.3 Å². The van der Waals surface area contributed by atoms with Gasteiger partial charge < -0.3 is 10.8 Å². The lowest BCUT2D eigenvalue weighted by Crippen LogP contribution is -2.44. The standard InChI is InChI=1S/C10H21NO/c1-2-9-6-4-3-5-7-10(9,12)8-11/h9,12H,2-8,11H2,1H3. The van der Waals surface area contributed by atoms with Gasteiger partial charge in [-0.3, -0.25) is 0 Å². The van der Waals surface area contributed by atoms with Gasteiger partial charge in [-0.25, -0.2) is 0 Å². The Kier molecular flexibility index (Phi) is 3.53. The smallest absolute Gasteiger partial charge is 0.0797 e. The minimum atomic E-state index is -0.550. The molecule has 1 aliphatic rings. The maximum atomic E-state index is 10.2. The van der Waals surface area contributed by atoms with Gasteiger partial charge in [0, 0.05) is 6.54 Å². The first-order valence-electron chi connectivity index (χ1n) is 5.15. The van der Waals surface area contributed by atoms with E-state index >= 15 is 0 Å². The maximum Gasteiger partial charge on any atom is 0.0797 e. The van der Waals surface area contributed by atoms with Crippen LogP contribution >= 0.6 is 0 Å². The fraction of sp³-hybridized carbons (Fsp3) is 1.00. The van der Waals surface area contributed by atoms with Crippen molar-refractivity contribution in [2.45, 2.75) is 51.0 Å². The van der Waals surface area contributed by atoms with Crippen LogP contribution in [-0.2, 0) is 0 Å². The number of hydrogen-bond acceptors (Lipinski definition) is 2. The molecule has 1 fully saturated rings. The van der Waals surface area contributed by atoms with Crippen molar-refractivity contribution in [2.24, 2.45) is 11.7 Å². The average Bonchev–Trinajstić information content (AvgIpc) is 2.28. The van der Waals surface area contributed by atoms with Gasteiger partial charge in [-0.1, -0.05) is 32.6 Å². The van der Waals surface area contributed by atoms with Crippen molar-refractivity contribution in [3.8, 4) is 0 Å². The molecule has 2 heteroatoms. The van der Waals surface area contributed by atoms with Crippen LogP contribution in [0.15, 0.2) is 0 Å². The molecule has 0 saturated heterocycles. The minimum absolute atomic E-state index is 0.435. The van der Waals surface area contributed by atoms with Gasteiger partial charge in [0.1, 0.15) is 0 Å². The summed E-state index contributed by atoms with van der Waals surface area (Å²) in [5.74, 6) is 0.435. The van der Waals surface area contributed by atoms with E-state index in [-0.39, 0.29) is 0 Å². The topological polar surface area (TPSA) is 46.2 Å². The first-order chi connectivity index (χ1) is 5.73. The molecule has 1 saturated carbocycles. The largest absolute Gasteiger partial charge is 0.388 e. The second kappa shape index (κ2) is 4.24. The van der Waals surface area contributed by atoms with Crippen LogP contribution in [0.25, 0.3) is 0 Å². The number of hydrogen-bond donors (Lipinski definition) is 2. The summed E-state index contributed by atoms with van der Waals surface area (Å²) >= 11 is 0. The molecule has 3 N–H and O–H groups in total. The molecule has 0 spiro atoms. The van der Waals surface area contributed by atoms with Gasteiger partial charge in [0.15, 0.2) is 0 Å². The molecule has 1 aliphatic carbocycles. The molecule has 72 valence electrons. The van der Waals surface area contributed by atoms with Crippen molar-refractivity contribution in [1.82, 2.24) is 0 Å². The molecule has 0 amide bonds. The Morgan fingerprint density at radius 3 is 2.75 bits per heavy atom. The van der Waals surface area contributed by atoms with E-state index in [1.165, 1.54) is 12.8 Å². The van der Waals surface area contributed by atoms with Gasteiger partial charge in [0.2, 0.25) is 0 Å². The summed E-state index contributed by atoms with van der Waals surface area (Å²) in [6.45, 7) is 2.59. The van der Waals surface area contributed by atoms with Gasteiger partial charge in [0.25, 0.3) is 0 Å². The molecule has 0 heterocycles. The first kappa shape index (κ1) is 10.0. The molecular weight excluding hydrogens is 150 g/mol. The molecule has 0 aromatic rings. The zero-order valence-electron chi connectivity index (χ0n) is 8.05. The summed E-state index contributed by atoms with van der Waals surface area (Å²) in [4.78, 5) is 0. The van der Waals surface area contributed by atoms with Crippen molar-refractivity contribution < 1.29 is 5.11 Å². The van der Waals surface area contributed by atoms with E-state index in [1.54, 1.807) is 0 Å². The molecule has 0 aliphatic heterocycles. The van der Waals surface area contributed by atoms with Crippen molar-refractivity contribution in [3.63, 3.8) is 0 Å². The van der Waals surface area contributed by atoms with Crippen LogP contribution in [0.5, 0.6) is 0 Å². The van der Waals surface area contributed by atoms with Crippen LogP contribution in [0.1, 0.15) is 45.4 Å². The van der Waals surface area contributed by atoms with E-state index in [4.69, 9.17) is 5.73 Å². The summed E-state index contributed by atoms with van der Waals surface area (Å²) in [7, 11) is 0. The van der Waals surface area contributed by atoms with Gasteiger partial charge in [-0.15, -0.1) is 0 Å². The fourth-order valence-electron chi connectivity index (χ4n) is 2.32. The fourth-order valence-corrected chi connectivity index (χ4v) is 2.32. The Bertz CT molecular complexity index is 138. The van der Waals surface area contributed by atoms with E-state index in [2.05, 4.69) is 6.92 Å². The number of rotatable bonds is 2. The second-order valence-corrected chi connectivity index (χ2v) is 4.01. The highest BCUT2D eigenvalue weighted by atomic mass is 16.3. The SMILES string of the molecule is CCC1CCCCCC1(O)CN. The molecule has 2 nitrogen and oxygen atoms in total. The van der Waals surface area contributed by atoms with E-state index in [1.807, 2.05) is 0 Å². The Labute approximate surface area is 75.2 Å². The molecule has 0 radical (unpaired) electrons. The second-order valence-electron chi connectivity index (χ2n) is 4.01. The lowest BCUT2D eigenvalue weighted by atomic mass is 9.81. The Hall–Kier alpha value is -0.0800. The molecule has 2 atom stereocenters. The van der Waals surface area contributed by atoms with E-state index in [0.717, 1.165) is 25.7 Å². The van der Waals surface area contributed by atoms with Gasteiger partial charge in [-0.2, -0.15) is 0 Å². The van der Waals surface area contributed by atoms with Crippen molar-refractivity contribution in [3.05, 3.63) is 0 Å². The third-order valence-corrected chi connectivity index (χ3v) is 3.27. The molecule has 1 rings (SSSR count). The van der Waals surface area contributed by atoms with Crippen LogP contribution in [0.2, 0.25) is 0 Å². The Morgan fingerprint density at radius 1 is 1.42 bits per heavy atom. The van der Waals surface area contributed by atoms with E-state index < -0.39 is 5.60 Å². The Balaban J connectivity index is 2.63. The predicted octanol–water partition coefficient (Wildman–Crippen LogP) is 1.67. The van der Waals surface area contributed by atoms with Crippen LogP contribution in [0, 0.1) is 5.92 Å². The van der Waals surface area contributed by atoms with Crippen LogP contribution in [0.4, 0.5) is 0 Å². The third-order valence-electron chi connectivity index (χ3n) is 3.27. The predicted molar refractivity (Wildman–Crippen MR) is 50.9 cm³/mol. The van der Waals surface area contributed by atoms with Crippen molar-refractivity contribution in [1.29, 1.82) is 0 Å². The van der Waals surface area contributed by atoms with E-state index in [0.29, 0.717) is 12.5 Å². The zero-order valence-corrected chi connectivity index (χ0v) is 8.05. The van der Waals surface area contributed by atoms with Crippen molar-refractivity contribution >= 4 is 0 Å². The van der Waals surface area contributed by atoms with Crippen molar-refractivity contribution in [2.75, 3.05) is 6.54 Å². The quantitative estimate of drug-likeness (QED) is 0.621. The first-order valence-corrected chi connectivity index (χ1v) is 5.15. The highest BCUT2D eigenvalue weighted by Crippen LogP contribution is 2.33. The summed E-state index contributed by atoms with van der Waals surface area (Å²) in [6, 6.07) is 0. The summed E-state index contributed by atoms with van der Waals surface area (Å²) < 4.78 is 0. The lowest BCUT2D eigenvalue weighted by molar-refractivity contribution is -0.0178. The van der Waals surface area contributed by atoms with Gasteiger partial charge >= 0.3 is 0 Å². The van der Waals surface area contributed by atoms with E-state index in [9.17, 15) is 5.11 Å². The monoisotopic (exact) mass is 171 g/mol. The van der Waals surface area contributed by atoms with Crippen LogP contribution in [0.3, 0.4) is 0 Å². The normalized spacial score (nSPS) is 37.8. The minimum Gasteiger partial charge on any atom is -0.388 e. The molecule has 0 bridgehead atoms. The highest BCUT2D eigenvalue weighted by molar-refractivity contribution is 4.88. The number of nitrogens with two attached hydrogens (primary N) is 1.